The van der Waals surface area contributed by atoms with Crippen LogP contribution in [-0.2, 0) is 14.4 Å². The molecule has 10 nitrogen and oxygen atoms in total. The summed E-state index contributed by atoms with van der Waals surface area (Å²) in [7, 11) is 0. The van der Waals surface area contributed by atoms with E-state index in [9.17, 15) is 30.0 Å². The standard InChI is InChI=1S/C31H52N6O4S2/c1-22(38)18-36-25(41)31(8,28(4,5)30(7,21-34)12-10-23(39)35-15-9-14-32)19-27(2,3)29(6,20-33)13-11-24(40)37-16-17-43-26(37)42/h22,38H,9-19,32H2,1-8H3,(H,35,39)(H,36,41). The number of carbonyl (C=O) groups excluding carboxylic acids is 3. The number of thioether (sulfide) groups is 1. The third-order valence-electron chi connectivity index (χ3n) is 10.1. The van der Waals surface area contributed by atoms with Crippen molar-refractivity contribution < 1.29 is 19.5 Å². The van der Waals surface area contributed by atoms with Gasteiger partial charge in [0.15, 0.2) is 0 Å². The van der Waals surface area contributed by atoms with Gasteiger partial charge < -0.3 is 21.5 Å². The molecule has 0 aliphatic carbocycles. The number of nitrogens with one attached hydrogen (secondary N) is 2. The Morgan fingerprint density at radius 2 is 1.63 bits per heavy atom. The van der Waals surface area contributed by atoms with Gasteiger partial charge in [0.2, 0.25) is 17.7 Å². The van der Waals surface area contributed by atoms with E-state index in [1.165, 1.54) is 11.8 Å². The molecule has 0 saturated carbocycles. The number of aliphatic hydroxyl groups is 1. The van der Waals surface area contributed by atoms with E-state index in [-0.39, 0.29) is 56.4 Å². The number of hydrogen-bond donors (Lipinski definition) is 4. The average molecular weight is 637 g/mol. The molecule has 1 aliphatic rings. The van der Waals surface area contributed by atoms with Crippen molar-refractivity contribution >= 4 is 46.0 Å². The summed E-state index contributed by atoms with van der Waals surface area (Å²) in [5.74, 6) is 0.0973. The lowest BCUT2D eigenvalue weighted by Crippen LogP contribution is -2.58. The first-order chi connectivity index (χ1) is 19.8. The summed E-state index contributed by atoms with van der Waals surface area (Å²) in [6, 6.07) is 4.87. The lowest BCUT2D eigenvalue weighted by atomic mass is 9.47. The van der Waals surface area contributed by atoms with Crippen LogP contribution in [0.15, 0.2) is 0 Å². The summed E-state index contributed by atoms with van der Waals surface area (Å²) >= 11 is 6.77. The average Bonchev–Trinajstić information content (AvgIpc) is 3.38. The molecule has 0 bridgehead atoms. The van der Waals surface area contributed by atoms with Gasteiger partial charge in [0.25, 0.3) is 0 Å². The molecule has 0 spiro atoms. The Morgan fingerprint density at radius 3 is 2.12 bits per heavy atom. The molecule has 1 rings (SSSR count). The molecule has 1 aliphatic heterocycles. The number of thiocarbonyl (C=S) groups is 1. The van der Waals surface area contributed by atoms with Crippen molar-refractivity contribution in [3.8, 4) is 12.1 Å². The zero-order valence-electron chi connectivity index (χ0n) is 27.3. The number of rotatable bonds is 17. The zero-order chi connectivity index (χ0) is 33.3. The number of nitriles is 2. The Kier molecular flexibility index (Phi) is 14.1. The Labute approximate surface area is 267 Å². The van der Waals surface area contributed by atoms with Gasteiger partial charge >= 0.3 is 0 Å². The molecule has 43 heavy (non-hydrogen) atoms. The lowest BCUT2D eigenvalue weighted by Gasteiger charge is -2.55. The molecule has 0 aromatic rings. The molecule has 1 fully saturated rings. The molecule has 0 radical (unpaired) electrons. The zero-order valence-corrected chi connectivity index (χ0v) is 28.9. The molecule has 1 heterocycles. The second kappa shape index (κ2) is 15.7. The normalized spacial score (nSPS) is 18.8. The number of nitrogens with zero attached hydrogens (tertiary/aromatic N) is 3. The van der Waals surface area contributed by atoms with Gasteiger partial charge in [-0.25, -0.2) is 0 Å². The second-order valence-electron chi connectivity index (χ2n) is 13.6. The molecule has 4 unspecified atom stereocenters. The molecule has 0 aromatic heterocycles. The van der Waals surface area contributed by atoms with Gasteiger partial charge in [0.05, 0.1) is 34.5 Å². The van der Waals surface area contributed by atoms with Gasteiger partial charge in [-0.15, -0.1) is 0 Å². The highest BCUT2D eigenvalue weighted by molar-refractivity contribution is 8.23. The van der Waals surface area contributed by atoms with Crippen LogP contribution in [0, 0.1) is 49.7 Å². The van der Waals surface area contributed by atoms with Crippen LogP contribution in [0.25, 0.3) is 0 Å². The van der Waals surface area contributed by atoms with Crippen molar-refractivity contribution in [2.24, 2.45) is 32.8 Å². The number of aliphatic hydroxyl groups excluding tert-OH is 1. The lowest BCUT2D eigenvalue weighted by molar-refractivity contribution is -0.150. The number of hydrogen-bond acceptors (Lipinski definition) is 9. The van der Waals surface area contributed by atoms with Crippen LogP contribution in [0.2, 0.25) is 0 Å². The van der Waals surface area contributed by atoms with Crippen molar-refractivity contribution in [1.82, 2.24) is 15.5 Å². The third kappa shape index (κ3) is 9.13. The highest BCUT2D eigenvalue weighted by Crippen LogP contribution is 2.60. The van der Waals surface area contributed by atoms with Gasteiger partial charge in [-0.2, -0.15) is 10.5 Å². The summed E-state index contributed by atoms with van der Waals surface area (Å²) < 4.78 is 0.552. The Balaban J connectivity index is 3.43. The Hall–Kier alpha value is -2.25. The minimum Gasteiger partial charge on any atom is -0.392 e. The summed E-state index contributed by atoms with van der Waals surface area (Å²) in [5, 5.41) is 36.6. The van der Waals surface area contributed by atoms with Crippen molar-refractivity contribution in [1.29, 1.82) is 10.5 Å². The molecule has 12 heteroatoms. The fourth-order valence-corrected chi connectivity index (χ4v) is 6.90. The van der Waals surface area contributed by atoms with Gasteiger partial charge in [0, 0.05) is 38.2 Å². The van der Waals surface area contributed by atoms with E-state index in [0.29, 0.717) is 30.4 Å². The largest absolute Gasteiger partial charge is 0.392 e. The minimum atomic E-state index is -1.22. The van der Waals surface area contributed by atoms with Crippen molar-refractivity contribution in [3.05, 3.63) is 0 Å². The highest BCUT2D eigenvalue weighted by Gasteiger charge is 2.60. The third-order valence-corrected chi connectivity index (χ3v) is 11.5. The van der Waals surface area contributed by atoms with Crippen LogP contribution in [0.1, 0.15) is 93.9 Å². The topological polar surface area (TPSA) is 172 Å². The molecule has 0 aromatic carbocycles. The molecule has 1 saturated heterocycles. The van der Waals surface area contributed by atoms with Crippen LogP contribution in [0.3, 0.4) is 0 Å². The first-order valence-electron chi connectivity index (χ1n) is 15.0. The monoisotopic (exact) mass is 636 g/mol. The van der Waals surface area contributed by atoms with Crippen LogP contribution < -0.4 is 16.4 Å². The van der Waals surface area contributed by atoms with Crippen molar-refractivity contribution in [3.63, 3.8) is 0 Å². The van der Waals surface area contributed by atoms with E-state index < -0.39 is 33.2 Å². The molecule has 3 amide bonds. The van der Waals surface area contributed by atoms with E-state index >= 15 is 0 Å². The van der Waals surface area contributed by atoms with E-state index in [1.54, 1.807) is 25.7 Å². The SMILES string of the molecule is CC(O)CNC(=O)C(C)(CC(C)(C)C(C)(C#N)CCC(=O)N1CCSC1=S)C(C)(C)C(C)(C#N)CCC(=O)NCCCN. The summed E-state index contributed by atoms with van der Waals surface area (Å²) in [6.07, 6.45) is 0.782. The Morgan fingerprint density at radius 1 is 1.05 bits per heavy atom. The van der Waals surface area contributed by atoms with E-state index in [2.05, 4.69) is 22.8 Å². The van der Waals surface area contributed by atoms with Crippen LogP contribution in [0.4, 0.5) is 0 Å². The van der Waals surface area contributed by atoms with Crippen LogP contribution in [-0.4, -0.2) is 70.1 Å². The van der Waals surface area contributed by atoms with Crippen molar-refractivity contribution in [2.75, 3.05) is 31.9 Å². The predicted octanol–water partition coefficient (Wildman–Crippen LogP) is 3.88. The van der Waals surface area contributed by atoms with Gasteiger partial charge in [-0.05, 0) is 63.8 Å². The van der Waals surface area contributed by atoms with E-state index in [0.717, 1.165) is 5.75 Å². The molecule has 5 N–H and O–H groups in total. The second-order valence-corrected chi connectivity index (χ2v) is 15.3. The number of nitrogens with two attached hydrogens (primary N) is 1. The highest BCUT2D eigenvalue weighted by atomic mass is 32.2. The smallest absolute Gasteiger partial charge is 0.228 e. The molecule has 242 valence electrons. The minimum absolute atomic E-state index is 0.0233. The fraction of sp³-hybridized carbons (Fsp3) is 0.806. The maximum atomic E-state index is 14.1. The van der Waals surface area contributed by atoms with Gasteiger partial charge in [0.1, 0.15) is 4.32 Å². The number of amides is 3. The fourth-order valence-electron chi connectivity index (χ4n) is 5.66. The molecular weight excluding hydrogens is 585 g/mol. The van der Waals surface area contributed by atoms with E-state index in [4.69, 9.17) is 18.0 Å². The first-order valence-corrected chi connectivity index (χ1v) is 16.4. The van der Waals surface area contributed by atoms with Gasteiger partial charge in [-0.3, -0.25) is 19.3 Å². The summed E-state index contributed by atoms with van der Waals surface area (Å²) in [6.45, 7) is 16.0. The molecule has 4 atom stereocenters. The summed E-state index contributed by atoms with van der Waals surface area (Å²) in [4.78, 5) is 41.2. The predicted molar refractivity (Wildman–Crippen MR) is 174 cm³/mol. The van der Waals surface area contributed by atoms with Gasteiger partial charge in [-0.1, -0.05) is 58.6 Å². The maximum Gasteiger partial charge on any atom is 0.228 e. The van der Waals surface area contributed by atoms with Crippen LogP contribution in [0.5, 0.6) is 0 Å². The van der Waals surface area contributed by atoms with E-state index in [1.807, 2.05) is 34.6 Å². The van der Waals surface area contributed by atoms with Crippen molar-refractivity contribution in [2.45, 2.75) is 100 Å². The maximum absolute atomic E-state index is 14.1. The molecular formula is C31H52N6O4S2. The number of carbonyl (C=O) groups is 3. The quantitative estimate of drug-likeness (QED) is 0.137. The van der Waals surface area contributed by atoms with Crippen LogP contribution >= 0.6 is 24.0 Å². The first kappa shape index (κ1) is 38.8. The summed E-state index contributed by atoms with van der Waals surface area (Å²) in [5.41, 5.74) is 0.372. The Bertz CT molecular complexity index is 1110.